The maximum atomic E-state index is 13.8. The molecule has 0 amide bonds. The molecule has 3 atom stereocenters. The SMILES string of the molecule is CC[C@H]1CN(C(C)c2ccc(F)cc2C(F)(F)F)[C@H](CC)CN1c1cc(=O)n(C)c2cc(CO)nn12. The number of aliphatic hydroxyl groups excluding tert-OH is 1. The Morgan fingerprint density at radius 1 is 1.11 bits per heavy atom. The molecule has 0 spiro atoms. The molecule has 1 aliphatic rings. The highest BCUT2D eigenvalue weighted by Gasteiger charge is 2.40. The van der Waals surface area contributed by atoms with Crippen LogP contribution in [0, 0.1) is 5.82 Å². The van der Waals surface area contributed by atoms with Gasteiger partial charge < -0.3 is 10.0 Å². The number of piperazine rings is 1. The third kappa shape index (κ3) is 4.61. The number of anilines is 1. The van der Waals surface area contributed by atoms with E-state index in [2.05, 4.69) is 10.00 Å². The van der Waals surface area contributed by atoms with Crippen LogP contribution in [0.3, 0.4) is 0 Å². The Kier molecular flexibility index (Phi) is 7.16. The Bertz CT molecular complexity index is 1300. The largest absolute Gasteiger partial charge is 0.416 e. The average molecular weight is 510 g/mol. The molecule has 1 aliphatic heterocycles. The van der Waals surface area contributed by atoms with Crippen LogP contribution in [0.2, 0.25) is 0 Å². The number of aromatic nitrogens is 3. The van der Waals surface area contributed by atoms with Crippen LogP contribution in [0.4, 0.5) is 23.4 Å². The summed E-state index contributed by atoms with van der Waals surface area (Å²) in [6, 6.07) is 5.20. The van der Waals surface area contributed by atoms with E-state index >= 15 is 0 Å². The van der Waals surface area contributed by atoms with Crippen molar-refractivity contribution in [2.45, 2.75) is 64.5 Å². The van der Waals surface area contributed by atoms with Gasteiger partial charge in [0.1, 0.15) is 17.3 Å². The molecule has 1 saturated heterocycles. The van der Waals surface area contributed by atoms with Gasteiger partial charge in [-0.25, -0.2) is 8.91 Å². The first-order valence-electron chi connectivity index (χ1n) is 12.1. The number of hydrogen-bond donors (Lipinski definition) is 1. The zero-order valence-electron chi connectivity index (χ0n) is 20.8. The quantitative estimate of drug-likeness (QED) is 0.507. The van der Waals surface area contributed by atoms with E-state index in [-0.39, 0.29) is 29.8 Å². The van der Waals surface area contributed by atoms with Crippen molar-refractivity contribution in [3.05, 3.63) is 63.3 Å². The zero-order valence-corrected chi connectivity index (χ0v) is 20.8. The molecular formula is C25H31F4N5O2. The van der Waals surface area contributed by atoms with Gasteiger partial charge in [-0.3, -0.25) is 14.3 Å². The summed E-state index contributed by atoms with van der Waals surface area (Å²) in [5.74, 6) is -0.333. The summed E-state index contributed by atoms with van der Waals surface area (Å²) in [6.45, 7) is 6.35. The number of halogens is 4. The van der Waals surface area contributed by atoms with Gasteiger partial charge in [-0.05, 0) is 37.5 Å². The number of aryl methyl sites for hydroxylation is 1. The molecule has 3 heterocycles. The predicted octanol–water partition coefficient (Wildman–Crippen LogP) is 4.12. The third-order valence-electron chi connectivity index (χ3n) is 7.29. The zero-order chi connectivity index (χ0) is 26.4. The van der Waals surface area contributed by atoms with Gasteiger partial charge in [0.2, 0.25) is 0 Å². The topological polar surface area (TPSA) is 66.0 Å². The minimum Gasteiger partial charge on any atom is -0.390 e. The van der Waals surface area contributed by atoms with E-state index in [0.717, 1.165) is 6.07 Å². The van der Waals surface area contributed by atoms with Crippen LogP contribution in [0.5, 0.6) is 0 Å². The number of rotatable bonds is 6. The molecule has 0 aliphatic carbocycles. The second-order valence-electron chi connectivity index (χ2n) is 9.34. The van der Waals surface area contributed by atoms with E-state index < -0.39 is 23.6 Å². The minimum absolute atomic E-state index is 0.0429. The maximum Gasteiger partial charge on any atom is 0.416 e. The first-order valence-corrected chi connectivity index (χ1v) is 12.1. The molecule has 1 fully saturated rings. The lowest BCUT2D eigenvalue weighted by atomic mass is 9.94. The van der Waals surface area contributed by atoms with E-state index in [0.29, 0.717) is 49.2 Å². The first-order chi connectivity index (χ1) is 17.0. The Morgan fingerprint density at radius 3 is 2.42 bits per heavy atom. The molecule has 1 unspecified atom stereocenters. The van der Waals surface area contributed by atoms with Gasteiger partial charge in [0.25, 0.3) is 5.56 Å². The number of hydrogen-bond acceptors (Lipinski definition) is 5. The molecule has 36 heavy (non-hydrogen) atoms. The molecule has 11 heteroatoms. The molecular weight excluding hydrogens is 478 g/mol. The fourth-order valence-electron chi connectivity index (χ4n) is 5.25. The monoisotopic (exact) mass is 509 g/mol. The molecule has 3 aromatic rings. The summed E-state index contributed by atoms with van der Waals surface area (Å²) in [7, 11) is 1.64. The van der Waals surface area contributed by atoms with Crippen LogP contribution in [-0.4, -0.2) is 49.4 Å². The van der Waals surface area contributed by atoms with E-state index in [1.165, 1.54) is 16.7 Å². The van der Waals surface area contributed by atoms with Gasteiger partial charge in [-0.15, -0.1) is 0 Å². The number of benzene rings is 1. The van der Waals surface area contributed by atoms with Crippen molar-refractivity contribution in [1.82, 2.24) is 19.1 Å². The van der Waals surface area contributed by atoms with E-state index in [1.54, 1.807) is 24.6 Å². The van der Waals surface area contributed by atoms with Crippen LogP contribution < -0.4 is 10.5 Å². The average Bonchev–Trinajstić information content (AvgIpc) is 3.29. The molecule has 0 saturated carbocycles. The van der Waals surface area contributed by atoms with Crippen molar-refractivity contribution in [2.24, 2.45) is 7.05 Å². The Labute approximate surface area is 206 Å². The van der Waals surface area contributed by atoms with Gasteiger partial charge >= 0.3 is 6.18 Å². The highest BCUT2D eigenvalue weighted by atomic mass is 19.4. The van der Waals surface area contributed by atoms with Gasteiger partial charge in [-0.2, -0.15) is 18.3 Å². The molecule has 4 rings (SSSR count). The summed E-state index contributed by atoms with van der Waals surface area (Å²) in [6.07, 6.45) is -3.32. The lowest BCUT2D eigenvalue weighted by Gasteiger charge is -2.49. The molecule has 2 aromatic heterocycles. The van der Waals surface area contributed by atoms with Crippen LogP contribution in [0.1, 0.15) is 56.5 Å². The van der Waals surface area contributed by atoms with Crippen LogP contribution >= 0.6 is 0 Å². The summed E-state index contributed by atoms with van der Waals surface area (Å²) in [5, 5.41) is 14.1. The van der Waals surface area contributed by atoms with Crippen LogP contribution in [-0.2, 0) is 19.8 Å². The molecule has 0 radical (unpaired) electrons. The summed E-state index contributed by atoms with van der Waals surface area (Å²) in [4.78, 5) is 16.9. The molecule has 1 aromatic carbocycles. The number of aliphatic hydroxyl groups is 1. The molecule has 0 bridgehead atoms. The summed E-state index contributed by atoms with van der Waals surface area (Å²) in [5.41, 5.74) is -0.160. The van der Waals surface area contributed by atoms with Gasteiger partial charge in [0.05, 0.1) is 17.9 Å². The summed E-state index contributed by atoms with van der Waals surface area (Å²) >= 11 is 0. The second-order valence-corrected chi connectivity index (χ2v) is 9.34. The Morgan fingerprint density at radius 2 is 1.81 bits per heavy atom. The van der Waals surface area contributed by atoms with E-state index in [9.17, 15) is 27.5 Å². The smallest absolute Gasteiger partial charge is 0.390 e. The van der Waals surface area contributed by atoms with Crippen LogP contribution in [0.25, 0.3) is 5.65 Å². The molecule has 1 N–H and O–H groups in total. The molecule has 196 valence electrons. The fraction of sp³-hybridized carbons (Fsp3) is 0.520. The van der Waals surface area contributed by atoms with Crippen molar-refractivity contribution in [3.8, 4) is 0 Å². The fourth-order valence-corrected chi connectivity index (χ4v) is 5.25. The molecule has 7 nitrogen and oxygen atoms in total. The predicted molar refractivity (Wildman–Crippen MR) is 128 cm³/mol. The number of nitrogens with zero attached hydrogens (tertiary/aromatic N) is 5. The van der Waals surface area contributed by atoms with E-state index in [4.69, 9.17) is 0 Å². The number of fused-ring (bicyclic) bond motifs is 1. The normalized spacial score (nSPS) is 20.3. The van der Waals surface area contributed by atoms with E-state index in [1.807, 2.05) is 18.7 Å². The van der Waals surface area contributed by atoms with Crippen molar-refractivity contribution >= 4 is 11.5 Å². The highest BCUT2D eigenvalue weighted by Crippen LogP contribution is 2.39. The Balaban J connectivity index is 1.74. The van der Waals surface area contributed by atoms with Gasteiger partial charge in [-0.1, -0.05) is 19.9 Å². The first kappa shape index (κ1) is 26.2. The second kappa shape index (κ2) is 9.85. The summed E-state index contributed by atoms with van der Waals surface area (Å²) < 4.78 is 58.1. The van der Waals surface area contributed by atoms with Gasteiger partial charge in [0, 0.05) is 50.4 Å². The third-order valence-corrected chi connectivity index (χ3v) is 7.29. The maximum absolute atomic E-state index is 13.8. The van der Waals surface area contributed by atoms with Gasteiger partial charge in [0.15, 0.2) is 0 Å². The van der Waals surface area contributed by atoms with Crippen molar-refractivity contribution in [1.29, 1.82) is 0 Å². The van der Waals surface area contributed by atoms with Crippen molar-refractivity contribution in [2.75, 3.05) is 18.0 Å². The standard InChI is InChI=1S/C25H31F4N5O2/c1-5-18-13-33(23-11-24(36)31(4)22-10-17(14-35)30-34(22)23)19(6-2)12-32(18)15(3)20-8-7-16(26)9-21(20)25(27,28)29/h7-11,15,18-19,35H,5-6,12-14H2,1-4H3/t15?,18-,19+/m1/s1. The lowest BCUT2D eigenvalue weighted by Crippen LogP contribution is -2.59. The van der Waals surface area contributed by atoms with Crippen molar-refractivity contribution in [3.63, 3.8) is 0 Å². The van der Waals surface area contributed by atoms with Crippen molar-refractivity contribution < 1.29 is 22.7 Å². The highest BCUT2D eigenvalue weighted by molar-refractivity contribution is 5.52. The Hall–Kier alpha value is -2.92. The van der Waals surface area contributed by atoms with Crippen LogP contribution in [0.15, 0.2) is 35.1 Å². The lowest BCUT2D eigenvalue weighted by molar-refractivity contribution is -0.139. The minimum atomic E-state index is -4.67. The number of alkyl halides is 3.